The Morgan fingerprint density at radius 3 is 2.17 bits per heavy atom. The molecule has 2 aromatic carbocycles. The molecule has 2 aliphatic rings. The molecule has 2 amide bonds. The third kappa shape index (κ3) is 2.00. The molecule has 4 rings (SSSR count). The minimum Gasteiger partial charge on any atom is -0.225 e. The highest BCUT2D eigenvalue weighted by Gasteiger charge is 2.54. The second-order valence-corrected chi connectivity index (χ2v) is 6.52. The van der Waals surface area contributed by atoms with Gasteiger partial charge in [-0.05, 0) is 24.3 Å². The number of rotatable bonds is 2. The third-order valence-electron chi connectivity index (χ3n) is 5.33. The first-order valence-electron chi connectivity index (χ1n) is 8.39. The normalized spacial score (nSPS) is 21.2. The maximum Gasteiger partial charge on any atom is 0.351 e. The summed E-state index contributed by atoms with van der Waals surface area (Å²) in [6.07, 6.45) is 8.19. The predicted molar refractivity (Wildman–Crippen MR) is 91.8 cm³/mol. The van der Waals surface area contributed by atoms with Crippen LogP contribution in [0.4, 0.5) is 5.69 Å². The van der Waals surface area contributed by atoms with E-state index in [2.05, 4.69) is 0 Å². The van der Waals surface area contributed by atoms with Crippen LogP contribution in [0.25, 0.3) is 10.8 Å². The Bertz CT molecular complexity index is 792. The fourth-order valence-electron chi connectivity index (χ4n) is 4.26. The zero-order valence-corrected chi connectivity index (χ0v) is 13.1. The summed E-state index contributed by atoms with van der Waals surface area (Å²) in [6, 6.07) is 14.0. The second-order valence-electron chi connectivity index (χ2n) is 6.52. The Labute approximate surface area is 135 Å². The molecule has 1 aliphatic heterocycles. The van der Waals surface area contributed by atoms with Crippen LogP contribution in [-0.2, 0) is 9.59 Å². The standard InChI is InChI=1S/C20H20NO2/c22-19-13-14-20(23)21(19,16-9-2-1-3-10-16)18-12-6-8-15-7-4-5-11-17(15)18/h4-8,11-14,16H,1-3,9-10H2/q+1. The minimum absolute atomic E-state index is 0.0598. The molecule has 116 valence electrons. The van der Waals surface area contributed by atoms with Gasteiger partial charge in [-0.25, -0.2) is 9.59 Å². The van der Waals surface area contributed by atoms with E-state index in [4.69, 9.17) is 0 Å². The second kappa shape index (κ2) is 5.43. The Balaban J connectivity index is 1.98. The average molecular weight is 306 g/mol. The number of carbonyl (C=O) groups excluding carboxylic acids is 2. The van der Waals surface area contributed by atoms with Crippen LogP contribution in [0.2, 0.25) is 0 Å². The van der Waals surface area contributed by atoms with E-state index in [0.717, 1.165) is 42.1 Å². The first-order valence-corrected chi connectivity index (χ1v) is 8.39. The van der Waals surface area contributed by atoms with Gasteiger partial charge in [-0.1, -0.05) is 36.8 Å². The highest BCUT2D eigenvalue weighted by Crippen LogP contribution is 2.41. The van der Waals surface area contributed by atoms with Crippen LogP contribution >= 0.6 is 0 Å². The van der Waals surface area contributed by atoms with E-state index in [0.29, 0.717) is 0 Å². The van der Waals surface area contributed by atoms with E-state index < -0.39 is 0 Å². The van der Waals surface area contributed by atoms with Crippen molar-refractivity contribution in [2.75, 3.05) is 0 Å². The molecule has 2 aromatic rings. The molecule has 0 saturated heterocycles. The maximum atomic E-state index is 12.9. The molecule has 0 N–H and O–H groups in total. The highest BCUT2D eigenvalue weighted by molar-refractivity contribution is 6.25. The van der Waals surface area contributed by atoms with Crippen molar-refractivity contribution in [2.45, 2.75) is 38.1 Å². The summed E-state index contributed by atoms with van der Waals surface area (Å²) in [5, 5.41) is 2.08. The first-order chi connectivity index (χ1) is 11.2. The summed E-state index contributed by atoms with van der Waals surface area (Å²) >= 11 is 0. The lowest BCUT2D eigenvalue weighted by atomic mass is 9.90. The summed E-state index contributed by atoms with van der Waals surface area (Å²) in [5.41, 5.74) is 0.843. The fourth-order valence-corrected chi connectivity index (χ4v) is 4.26. The van der Waals surface area contributed by atoms with Gasteiger partial charge in [-0.2, -0.15) is 4.48 Å². The van der Waals surface area contributed by atoms with Gasteiger partial charge in [0.15, 0.2) is 5.69 Å². The average Bonchev–Trinajstić information content (AvgIpc) is 2.91. The van der Waals surface area contributed by atoms with Crippen LogP contribution in [-0.4, -0.2) is 17.9 Å². The van der Waals surface area contributed by atoms with Crippen LogP contribution in [0.3, 0.4) is 0 Å². The Morgan fingerprint density at radius 1 is 0.783 bits per heavy atom. The number of fused-ring (bicyclic) bond motifs is 1. The van der Waals surface area contributed by atoms with Crippen molar-refractivity contribution in [3.63, 3.8) is 0 Å². The van der Waals surface area contributed by atoms with Gasteiger partial charge < -0.3 is 0 Å². The van der Waals surface area contributed by atoms with E-state index in [9.17, 15) is 9.59 Å². The molecule has 0 spiro atoms. The number of nitrogens with zero attached hydrogens (tertiary/aromatic N) is 1. The predicted octanol–water partition coefficient (Wildman–Crippen LogP) is 4.10. The summed E-state index contributed by atoms with van der Waals surface area (Å²) in [7, 11) is 0. The van der Waals surface area contributed by atoms with Crippen molar-refractivity contribution in [1.82, 2.24) is 4.48 Å². The molecule has 1 saturated carbocycles. The first kappa shape index (κ1) is 14.3. The van der Waals surface area contributed by atoms with Crippen molar-refractivity contribution < 1.29 is 9.59 Å². The van der Waals surface area contributed by atoms with Gasteiger partial charge in [0, 0.05) is 24.3 Å². The minimum atomic E-state index is -0.138. The maximum absolute atomic E-state index is 12.9. The lowest BCUT2D eigenvalue weighted by Gasteiger charge is -2.38. The number of carbonyl (C=O) groups is 2. The number of quaternary nitrogens is 1. The van der Waals surface area contributed by atoms with Gasteiger partial charge in [-0.15, -0.1) is 0 Å². The van der Waals surface area contributed by atoms with Gasteiger partial charge >= 0.3 is 11.8 Å². The third-order valence-corrected chi connectivity index (χ3v) is 5.33. The number of amides is 2. The van der Waals surface area contributed by atoms with Crippen LogP contribution in [0.1, 0.15) is 32.1 Å². The largest absolute Gasteiger partial charge is 0.351 e. The van der Waals surface area contributed by atoms with Crippen LogP contribution in [0, 0.1) is 0 Å². The monoisotopic (exact) mass is 306 g/mol. The number of imide groups is 1. The van der Waals surface area contributed by atoms with Crippen molar-refractivity contribution >= 4 is 28.3 Å². The number of hydrogen-bond acceptors (Lipinski definition) is 2. The SMILES string of the molecule is O=C1C=CC(=O)[N+]1(c1cccc2ccccc12)C1CCCCC1. The lowest BCUT2D eigenvalue weighted by molar-refractivity contribution is -0.139. The van der Waals surface area contributed by atoms with Crippen LogP contribution in [0.5, 0.6) is 0 Å². The molecule has 3 heteroatoms. The zero-order valence-electron chi connectivity index (χ0n) is 13.1. The molecule has 1 aliphatic carbocycles. The number of hydrogen-bond donors (Lipinski definition) is 0. The van der Waals surface area contributed by atoms with Gasteiger partial charge in [0.05, 0.1) is 12.2 Å². The smallest absolute Gasteiger partial charge is 0.225 e. The van der Waals surface area contributed by atoms with Crippen LogP contribution < -0.4 is 4.48 Å². The molecule has 0 atom stereocenters. The Hall–Kier alpha value is -2.26. The number of benzene rings is 2. The van der Waals surface area contributed by atoms with Crippen molar-refractivity contribution in [1.29, 1.82) is 0 Å². The molecule has 23 heavy (non-hydrogen) atoms. The van der Waals surface area contributed by atoms with E-state index in [-0.39, 0.29) is 22.3 Å². The quantitative estimate of drug-likeness (QED) is 0.618. The van der Waals surface area contributed by atoms with E-state index in [1.165, 1.54) is 18.6 Å². The van der Waals surface area contributed by atoms with E-state index in [1.54, 1.807) is 0 Å². The van der Waals surface area contributed by atoms with Gasteiger partial charge in [0.1, 0.15) is 6.04 Å². The zero-order chi connectivity index (χ0) is 15.9. The van der Waals surface area contributed by atoms with E-state index >= 15 is 0 Å². The summed E-state index contributed by atoms with van der Waals surface area (Å²) in [5.74, 6) is -0.170. The van der Waals surface area contributed by atoms with Gasteiger partial charge in [0.2, 0.25) is 0 Å². The Morgan fingerprint density at radius 2 is 1.43 bits per heavy atom. The lowest BCUT2D eigenvalue weighted by Crippen LogP contribution is -2.61. The van der Waals surface area contributed by atoms with Gasteiger partial charge in [0.25, 0.3) is 0 Å². The summed E-state index contributed by atoms with van der Waals surface area (Å²) in [4.78, 5) is 25.8. The molecule has 0 aromatic heterocycles. The molecular formula is C20H20NO2+. The van der Waals surface area contributed by atoms with Crippen molar-refractivity contribution in [3.05, 3.63) is 54.6 Å². The molecule has 1 fully saturated rings. The fraction of sp³-hybridized carbons (Fsp3) is 0.300. The molecule has 0 unspecified atom stereocenters. The van der Waals surface area contributed by atoms with Gasteiger partial charge in [-0.3, -0.25) is 0 Å². The topological polar surface area (TPSA) is 34.1 Å². The molecule has 3 nitrogen and oxygen atoms in total. The molecular weight excluding hydrogens is 286 g/mol. The highest BCUT2D eigenvalue weighted by atomic mass is 16.2. The Kier molecular flexibility index (Phi) is 3.38. The molecule has 0 bridgehead atoms. The van der Waals surface area contributed by atoms with Crippen molar-refractivity contribution in [2.24, 2.45) is 0 Å². The van der Waals surface area contributed by atoms with Crippen molar-refractivity contribution in [3.8, 4) is 0 Å². The summed E-state index contributed by atoms with van der Waals surface area (Å²) < 4.78 is -0.138. The van der Waals surface area contributed by atoms with Crippen LogP contribution in [0.15, 0.2) is 54.6 Å². The van der Waals surface area contributed by atoms with E-state index in [1.807, 2.05) is 42.5 Å². The molecule has 0 radical (unpaired) electrons. The summed E-state index contributed by atoms with van der Waals surface area (Å²) in [6.45, 7) is 0. The molecule has 1 heterocycles.